The van der Waals surface area contributed by atoms with Crippen molar-refractivity contribution in [1.82, 2.24) is 9.88 Å². The zero-order valence-corrected chi connectivity index (χ0v) is 20.6. The summed E-state index contributed by atoms with van der Waals surface area (Å²) < 4.78 is 5.41. The first-order valence-electron chi connectivity index (χ1n) is 12.2. The van der Waals surface area contributed by atoms with E-state index in [0.717, 1.165) is 35.8 Å². The fourth-order valence-electron chi connectivity index (χ4n) is 6.50. The summed E-state index contributed by atoms with van der Waals surface area (Å²) >= 11 is 1.74. The van der Waals surface area contributed by atoms with E-state index in [1.54, 1.807) is 11.3 Å². The van der Waals surface area contributed by atoms with Crippen LogP contribution in [-0.2, 0) is 16.0 Å². The van der Waals surface area contributed by atoms with Crippen LogP contribution in [0.4, 0.5) is 10.8 Å². The number of thiazole rings is 1. The Morgan fingerprint density at radius 3 is 2.76 bits per heavy atom. The fraction of sp³-hybridized carbons (Fsp3) is 0.615. The number of hydrogen-bond acceptors (Lipinski definition) is 6. The van der Waals surface area contributed by atoms with Crippen molar-refractivity contribution >= 4 is 28.1 Å². The molecule has 33 heavy (non-hydrogen) atoms. The number of aliphatic hydroxyl groups is 1. The summed E-state index contributed by atoms with van der Waals surface area (Å²) in [5.41, 5.74) is 2.18. The number of fused-ring (bicyclic) bond motifs is 2. The van der Waals surface area contributed by atoms with Crippen molar-refractivity contribution in [2.75, 3.05) is 31.6 Å². The molecule has 2 fully saturated rings. The summed E-state index contributed by atoms with van der Waals surface area (Å²) in [7, 11) is 0. The second kappa shape index (κ2) is 9.01. The number of para-hydroxylation sites is 1. The van der Waals surface area contributed by atoms with E-state index in [1.165, 1.54) is 4.88 Å². The molecular weight excluding hydrogens is 434 g/mol. The Morgan fingerprint density at radius 1 is 1.30 bits per heavy atom. The summed E-state index contributed by atoms with van der Waals surface area (Å²) in [5.74, 6) is 0.239. The molecule has 1 amide bonds. The van der Waals surface area contributed by atoms with Gasteiger partial charge in [-0.3, -0.25) is 4.79 Å². The molecule has 2 heterocycles. The number of carbonyl (C=O) groups is 1. The van der Waals surface area contributed by atoms with Crippen LogP contribution in [0.1, 0.15) is 50.1 Å². The molecule has 178 valence electrons. The highest BCUT2D eigenvalue weighted by atomic mass is 32.1. The lowest BCUT2D eigenvalue weighted by Gasteiger charge is -2.53. The highest BCUT2D eigenvalue weighted by Gasteiger charge is 2.54. The van der Waals surface area contributed by atoms with Gasteiger partial charge in [0, 0.05) is 35.5 Å². The number of nitrogens with one attached hydrogen (secondary N) is 1. The molecule has 2 aromatic rings. The number of nitrogens with zero attached hydrogens (tertiary/aromatic N) is 2. The van der Waals surface area contributed by atoms with E-state index in [0.29, 0.717) is 26.3 Å². The molecular formula is C26H35N3O3S. The Hall–Kier alpha value is -1.96. The third kappa shape index (κ3) is 4.19. The van der Waals surface area contributed by atoms with Gasteiger partial charge < -0.3 is 20.1 Å². The number of hydrogen-bond donors (Lipinski definition) is 2. The van der Waals surface area contributed by atoms with Crippen molar-refractivity contribution in [3.05, 3.63) is 40.9 Å². The summed E-state index contributed by atoms with van der Waals surface area (Å²) in [5, 5.41) is 16.0. The van der Waals surface area contributed by atoms with Gasteiger partial charge in [0.05, 0.1) is 25.0 Å². The maximum absolute atomic E-state index is 13.2. The van der Waals surface area contributed by atoms with Crippen LogP contribution in [0.2, 0.25) is 0 Å². The number of aromatic nitrogens is 1. The van der Waals surface area contributed by atoms with Gasteiger partial charge >= 0.3 is 0 Å². The molecule has 2 N–H and O–H groups in total. The minimum Gasteiger partial charge on any atom is -0.392 e. The molecule has 0 bridgehead atoms. The minimum atomic E-state index is -0.501. The van der Waals surface area contributed by atoms with E-state index < -0.39 is 6.10 Å². The Bertz CT molecular complexity index is 990. The molecule has 6 nitrogen and oxygen atoms in total. The van der Waals surface area contributed by atoms with E-state index >= 15 is 0 Å². The maximum Gasteiger partial charge on any atom is 0.225 e. The van der Waals surface area contributed by atoms with E-state index in [1.807, 2.05) is 42.2 Å². The maximum atomic E-state index is 13.2. The second-order valence-corrected chi connectivity index (χ2v) is 11.5. The average Bonchev–Trinajstić information content (AvgIpc) is 3.21. The zero-order chi connectivity index (χ0) is 23.2. The summed E-state index contributed by atoms with van der Waals surface area (Å²) in [6.07, 6.45) is 2.37. The second-order valence-electron chi connectivity index (χ2n) is 10.4. The van der Waals surface area contributed by atoms with Crippen molar-refractivity contribution < 1.29 is 14.6 Å². The van der Waals surface area contributed by atoms with Gasteiger partial charge in [0.2, 0.25) is 5.91 Å². The van der Waals surface area contributed by atoms with Crippen molar-refractivity contribution in [2.45, 2.75) is 52.1 Å². The number of anilines is 2. The Balaban J connectivity index is 1.36. The van der Waals surface area contributed by atoms with Gasteiger partial charge in [-0.2, -0.15) is 0 Å². The fourth-order valence-corrected chi connectivity index (χ4v) is 7.78. The van der Waals surface area contributed by atoms with Gasteiger partial charge in [-0.05, 0) is 48.6 Å². The highest BCUT2D eigenvalue weighted by molar-refractivity contribution is 7.15. The van der Waals surface area contributed by atoms with Crippen LogP contribution in [0.5, 0.6) is 0 Å². The number of rotatable bonds is 4. The molecule has 0 spiro atoms. The van der Waals surface area contributed by atoms with Crippen LogP contribution in [0.3, 0.4) is 0 Å². The smallest absolute Gasteiger partial charge is 0.225 e. The normalized spacial score (nSPS) is 32.5. The molecule has 0 radical (unpaired) electrons. The number of benzene rings is 1. The van der Waals surface area contributed by atoms with Crippen molar-refractivity contribution in [1.29, 1.82) is 0 Å². The first-order chi connectivity index (χ1) is 15.9. The van der Waals surface area contributed by atoms with Gasteiger partial charge in [0.1, 0.15) is 0 Å². The third-order valence-electron chi connectivity index (χ3n) is 8.30. The van der Waals surface area contributed by atoms with Gasteiger partial charge in [-0.1, -0.05) is 39.0 Å². The molecule has 1 aromatic heterocycles. The topological polar surface area (TPSA) is 74.7 Å². The molecule has 6 atom stereocenters. The Kier molecular flexibility index (Phi) is 6.23. The number of aliphatic hydroxyl groups excluding tert-OH is 1. The molecule has 5 rings (SSSR count). The van der Waals surface area contributed by atoms with Gasteiger partial charge in [0.15, 0.2) is 5.13 Å². The summed E-state index contributed by atoms with van der Waals surface area (Å²) in [6.45, 7) is 9.08. The van der Waals surface area contributed by atoms with Crippen LogP contribution >= 0.6 is 11.3 Å². The van der Waals surface area contributed by atoms with E-state index in [9.17, 15) is 9.90 Å². The van der Waals surface area contributed by atoms with Crippen LogP contribution < -0.4 is 5.32 Å². The minimum absolute atomic E-state index is 0.0111. The predicted molar refractivity (Wildman–Crippen MR) is 131 cm³/mol. The molecule has 7 heteroatoms. The van der Waals surface area contributed by atoms with Crippen molar-refractivity contribution in [2.24, 2.45) is 23.2 Å². The Morgan fingerprint density at radius 2 is 2.03 bits per heavy atom. The lowest BCUT2D eigenvalue weighted by Crippen LogP contribution is -2.54. The molecule has 1 saturated carbocycles. The van der Waals surface area contributed by atoms with Gasteiger partial charge in [-0.15, -0.1) is 11.3 Å². The molecule has 3 aliphatic rings. The molecule has 1 aromatic carbocycles. The van der Waals surface area contributed by atoms with E-state index in [-0.39, 0.29) is 35.0 Å². The standard InChI is InChI=1S/C26H35N3O3S/c1-16(24(31)29-11-13-32-14-12-29)19-9-10-26(3)15-20-22(17(2)21(26)23(19)30)28-25(33-20)27-18-7-5-4-6-8-18/h4-8,16-17,19,21,23,30H,9-15H2,1-3H3,(H,27,28)/t16-,17+,19-,21+,23-,26+/m0/s1. The summed E-state index contributed by atoms with van der Waals surface area (Å²) in [6, 6.07) is 10.1. The van der Waals surface area contributed by atoms with Crippen molar-refractivity contribution in [3.63, 3.8) is 0 Å². The lowest BCUT2D eigenvalue weighted by molar-refractivity contribution is -0.148. The summed E-state index contributed by atoms with van der Waals surface area (Å²) in [4.78, 5) is 21.4. The number of carbonyl (C=O) groups excluding carboxylic acids is 1. The molecule has 1 saturated heterocycles. The third-order valence-corrected chi connectivity index (χ3v) is 9.29. The lowest BCUT2D eigenvalue weighted by atomic mass is 9.53. The molecule has 1 aliphatic heterocycles. The first-order valence-corrected chi connectivity index (χ1v) is 13.1. The van der Waals surface area contributed by atoms with Crippen molar-refractivity contribution in [3.8, 4) is 0 Å². The largest absolute Gasteiger partial charge is 0.392 e. The van der Waals surface area contributed by atoms with E-state index in [2.05, 4.69) is 19.2 Å². The first kappa shape index (κ1) is 22.8. The molecule has 2 aliphatic carbocycles. The Labute approximate surface area is 200 Å². The predicted octanol–water partition coefficient (Wildman–Crippen LogP) is 4.43. The average molecular weight is 470 g/mol. The SMILES string of the molecule is C[C@H](C(=O)N1CCOCC1)[C@@H]1CC[C@]2(C)Cc3sc(Nc4ccccc4)nc3[C@H](C)[C@@H]2[C@H]1O. The van der Waals surface area contributed by atoms with Crippen LogP contribution in [-0.4, -0.2) is 53.3 Å². The van der Waals surface area contributed by atoms with Gasteiger partial charge in [-0.25, -0.2) is 4.98 Å². The van der Waals surface area contributed by atoms with Crippen LogP contribution in [0.25, 0.3) is 0 Å². The monoisotopic (exact) mass is 469 g/mol. The number of morpholine rings is 1. The zero-order valence-electron chi connectivity index (χ0n) is 19.8. The quantitative estimate of drug-likeness (QED) is 0.693. The van der Waals surface area contributed by atoms with E-state index in [4.69, 9.17) is 9.72 Å². The number of amides is 1. The number of ether oxygens (including phenoxy) is 1. The van der Waals surface area contributed by atoms with Crippen LogP contribution in [0.15, 0.2) is 30.3 Å². The van der Waals surface area contributed by atoms with Crippen LogP contribution in [0, 0.1) is 23.2 Å². The molecule has 0 unspecified atom stereocenters. The highest BCUT2D eigenvalue weighted by Crippen LogP contribution is 2.57. The van der Waals surface area contributed by atoms with Gasteiger partial charge in [0.25, 0.3) is 0 Å².